The Morgan fingerprint density at radius 1 is 1.71 bits per heavy atom. The van der Waals surface area contributed by atoms with Crippen molar-refractivity contribution in [1.29, 1.82) is 0 Å². The number of azide groups is 1. The molecule has 0 radical (unpaired) electrons. The summed E-state index contributed by atoms with van der Waals surface area (Å²) in [6.45, 7) is -0.685. The number of carbonyl (C=O) groups excluding carboxylic acids is 1. The number of esters is 1. The molecule has 0 amide bonds. The minimum absolute atomic E-state index is 0.418. The lowest BCUT2D eigenvalue weighted by Crippen LogP contribution is -2.31. The van der Waals surface area contributed by atoms with Crippen molar-refractivity contribution in [1.82, 2.24) is 0 Å². The van der Waals surface area contributed by atoms with E-state index < -0.39 is 36.2 Å². The van der Waals surface area contributed by atoms with E-state index in [1.807, 2.05) is 0 Å². The Bertz CT molecular complexity index is 332. The van der Waals surface area contributed by atoms with E-state index in [1.165, 1.54) is 0 Å². The molecule has 1 heterocycles. The van der Waals surface area contributed by atoms with Crippen molar-refractivity contribution < 1.29 is 24.9 Å². The van der Waals surface area contributed by atoms with Gasteiger partial charge in [-0.3, -0.25) is 0 Å². The normalized spacial score (nSPS) is 23.0. The summed E-state index contributed by atoms with van der Waals surface area (Å²) in [5.74, 6) is -1.94. The fourth-order valence-electron chi connectivity index (χ4n) is 0.975. The largest absolute Gasteiger partial charge is 0.502 e. The van der Waals surface area contributed by atoms with Crippen LogP contribution in [0.25, 0.3) is 10.4 Å². The molecule has 8 heteroatoms. The van der Waals surface area contributed by atoms with Crippen LogP contribution in [0.2, 0.25) is 0 Å². The van der Waals surface area contributed by atoms with Gasteiger partial charge in [-0.25, -0.2) is 4.79 Å². The zero-order valence-electron chi connectivity index (χ0n) is 6.86. The predicted octanol–water partition coefficient (Wildman–Crippen LogP) is -0.655. The monoisotopic (exact) mass is 201 g/mol. The maximum absolute atomic E-state index is 10.8. The van der Waals surface area contributed by atoms with Crippen LogP contribution in [0.5, 0.6) is 0 Å². The summed E-state index contributed by atoms with van der Waals surface area (Å²) in [6, 6.07) is 0. The highest BCUT2D eigenvalue weighted by molar-refractivity contribution is 5.89. The number of carbonyl (C=O) groups is 1. The summed E-state index contributed by atoms with van der Waals surface area (Å²) in [5, 5.41) is 29.8. The number of hydrogen-bond donors (Lipinski definition) is 3. The molecule has 14 heavy (non-hydrogen) atoms. The molecule has 0 aliphatic carbocycles. The Hall–Kier alpha value is -1.76. The molecule has 2 atom stereocenters. The molecule has 0 aromatic carbocycles. The topological polar surface area (TPSA) is 136 Å². The van der Waals surface area contributed by atoms with Crippen LogP contribution < -0.4 is 0 Å². The Morgan fingerprint density at radius 2 is 2.36 bits per heavy atom. The number of rotatable bonds is 3. The fraction of sp³-hybridized carbons (Fsp3) is 0.500. The van der Waals surface area contributed by atoms with Gasteiger partial charge >= 0.3 is 5.97 Å². The van der Waals surface area contributed by atoms with Crippen LogP contribution in [0.1, 0.15) is 0 Å². The quantitative estimate of drug-likeness (QED) is 0.241. The molecular weight excluding hydrogens is 194 g/mol. The number of ether oxygens (including phenoxy) is 1. The summed E-state index contributed by atoms with van der Waals surface area (Å²) in [6.07, 6.45) is -2.74. The third kappa shape index (κ3) is 1.62. The first-order valence-corrected chi connectivity index (χ1v) is 3.60. The molecule has 0 aromatic rings. The van der Waals surface area contributed by atoms with Crippen molar-refractivity contribution in [3.63, 3.8) is 0 Å². The molecule has 0 saturated heterocycles. The SMILES string of the molecule is [N-]=[N+]=NC1=C(O)C(=O)O[C@@H]1[C@@H](O)CO. The zero-order chi connectivity index (χ0) is 10.7. The number of aliphatic hydroxyl groups is 3. The standard InChI is InChI=1S/C6H7N3O5/c7-9-8-3-4(12)6(13)14-5(3)2(11)1-10/h2,5,10-12H,1H2/t2-,5+/m0/s1. The molecule has 0 fully saturated rings. The molecule has 3 N–H and O–H groups in total. The second-order valence-corrected chi connectivity index (χ2v) is 2.50. The molecule has 1 aliphatic rings. The van der Waals surface area contributed by atoms with E-state index in [2.05, 4.69) is 14.8 Å². The minimum Gasteiger partial charge on any atom is -0.502 e. The molecule has 0 unspecified atom stereocenters. The molecule has 0 bridgehead atoms. The van der Waals surface area contributed by atoms with E-state index >= 15 is 0 Å². The van der Waals surface area contributed by atoms with Crippen molar-refractivity contribution in [2.24, 2.45) is 5.11 Å². The van der Waals surface area contributed by atoms with E-state index in [9.17, 15) is 4.79 Å². The van der Waals surface area contributed by atoms with Crippen molar-refractivity contribution in [3.05, 3.63) is 21.9 Å². The lowest BCUT2D eigenvalue weighted by molar-refractivity contribution is -0.147. The fourth-order valence-corrected chi connectivity index (χ4v) is 0.975. The molecule has 1 rings (SSSR count). The van der Waals surface area contributed by atoms with Crippen LogP contribution in [0, 0.1) is 0 Å². The van der Waals surface area contributed by atoms with Gasteiger partial charge in [-0.05, 0) is 5.53 Å². The van der Waals surface area contributed by atoms with Crippen LogP contribution in [-0.4, -0.2) is 40.1 Å². The first-order valence-electron chi connectivity index (χ1n) is 3.60. The summed E-state index contributed by atoms with van der Waals surface area (Å²) in [4.78, 5) is 13.1. The van der Waals surface area contributed by atoms with E-state index in [0.29, 0.717) is 0 Å². The van der Waals surface area contributed by atoms with E-state index in [1.54, 1.807) is 0 Å². The Morgan fingerprint density at radius 3 is 2.86 bits per heavy atom. The summed E-state index contributed by atoms with van der Waals surface area (Å²) in [7, 11) is 0. The van der Waals surface area contributed by atoms with Crippen LogP contribution in [-0.2, 0) is 9.53 Å². The molecule has 1 aliphatic heterocycles. The second kappa shape index (κ2) is 3.97. The molecule has 76 valence electrons. The number of aliphatic hydroxyl groups excluding tert-OH is 3. The average molecular weight is 201 g/mol. The average Bonchev–Trinajstić information content (AvgIpc) is 2.45. The lowest BCUT2D eigenvalue weighted by Gasteiger charge is -2.14. The second-order valence-electron chi connectivity index (χ2n) is 2.50. The van der Waals surface area contributed by atoms with Crippen molar-refractivity contribution in [2.45, 2.75) is 12.2 Å². The summed E-state index contributed by atoms with van der Waals surface area (Å²) in [5.41, 5.74) is 7.69. The van der Waals surface area contributed by atoms with Crippen molar-refractivity contribution in [2.75, 3.05) is 6.61 Å². The molecular formula is C6H7N3O5. The van der Waals surface area contributed by atoms with Gasteiger partial charge in [0.25, 0.3) is 0 Å². The zero-order valence-corrected chi connectivity index (χ0v) is 6.86. The van der Waals surface area contributed by atoms with Crippen LogP contribution in [0.15, 0.2) is 16.6 Å². The Labute approximate surface area is 77.7 Å². The minimum atomic E-state index is -1.43. The van der Waals surface area contributed by atoms with E-state index in [-0.39, 0.29) is 0 Å². The lowest BCUT2D eigenvalue weighted by atomic mass is 10.1. The molecule has 8 nitrogen and oxygen atoms in total. The van der Waals surface area contributed by atoms with Gasteiger partial charge in [0.1, 0.15) is 11.8 Å². The maximum Gasteiger partial charge on any atom is 0.374 e. The van der Waals surface area contributed by atoms with Gasteiger partial charge in [0.15, 0.2) is 6.10 Å². The van der Waals surface area contributed by atoms with Gasteiger partial charge < -0.3 is 20.1 Å². The van der Waals surface area contributed by atoms with Gasteiger partial charge in [-0.1, -0.05) is 5.11 Å². The molecule has 0 aromatic heterocycles. The number of hydrogen-bond acceptors (Lipinski definition) is 6. The van der Waals surface area contributed by atoms with Crippen LogP contribution in [0.4, 0.5) is 0 Å². The van der Waals surface area contributed by atoms with Gasteiger partial charge in [0, 0.05) is 4.91 Å². The van der Waals surface area contributed by atoms with Gasteiger partial charge in [-0.15, -0.1) is 0 Å². The first-order chi connectivity index (χ1) is 6.61. The number of nitrogens with zero attached hydrogens (tertiary/aromatic N) is 3. The summed E-state index contributed by atoms with van der Waals surface area (Å²) >= 11 is 0. The van der Waals surface area contributed by atoms with Crippen LogP contribution >= 0.6 is 0 Å². The van der Waals surface area contributed by atoms with Crippen LogP contribution in [0.3, 0.4) is 0 Å². The molecule has 0 saturated carbocycles. The number of cyclic esters (lactones) is 1. The highest BCUT2D eigenvalue weighted by Crippen LogP contribution is 2.24. The van der Waals surface area contributed by atoms with Crippen molar-refractivity contribution in [3.8, 4) is 0 Å². The third-order valence-corrected chi connectivity index (χ3v) is 1.63. The Kier molecular flexibility index (Phi) is 2.92. The Balaban J connectivity index is 3.01. The predicted molar refractivity (Wildman–Crippen MR) is 41.8 cm³/mol. The van der Waals surface area contributed by atoms with E-state index in [4.69, 9.17) is 20.9 Å². The first kappa shape index (κ1) is 10.3. The highest BCUT2D eigenvalue weighted by atomic mass is 16.6. The smallest absolute Gasteiger partial charge is 0.374 e. The van der Waals surface area contributed by atoms with Gasteiger partial charge in [-0.2, -0.15) is 0 Å². The molecule has 0 spiro atoms. The van der Waals surface area contributed by atoms with Crippen molar-refractivity contribution >= 4 is 5.97 Å². The maximum atomic E-state index is 10.8. The van der Waals surface area contributed by atoms with Gasteiger partial charge in [0.05, 0.1) is 6.61 Å². The van der Waals surface area contributed by atoms with E-state index in [0.717, 1.165) is 0 Å². The van der Waals surface area contributed by atoms with Gasteiger partial charge in [0.2, 0.25) is 5.76 Å². The third-order valence-electron chi connectivity index (χ3n) is 1.63. The summed E-state index contributed by atoms with van der Waals surface area (Å²) < 4.78 is 4.45. The highest BCUT2D eigenvalue weighted by Gasteiger charge is 2.38.